The van der Waals surface area contributed by atoms with Crippen molar-refractivity contribution in [3.05, 3.63) is 89.5 Å². The Morgan fingerprint density at radius 3 is 2.27 bits per heavy atom. The van der Waals surface area contributed by atoms with Gasteiger partial charge in [0.2, 0.25) is 5.91 Å². The van der Waals surface area contributed by atoms with Crippen LogP contribution in [0.3, 0.4) is 0 Å². The van der Waals surface area contributed by atoms with Gasteiger partial charge in [-0.15, -0.1) is 0 Å². The van der Waals surface area contributed by atoms with Gasteiger partial charge in [-0.25, -0.2) is 0 Å². The summed E-state index contributed by atoms with van der Waals surface area (Å²) in [6.07, 6.45) is 1.66. The normalized spacial score (nSPS) is 12.1. The van der Waals surface area contributed by atoms with Crippen LogP contribution in [0.25, 0.3) is 0 Å². The number of anilines is 2. The van der Waals surface area contributed by atoms with Gasteiger partial charge in [0.05, 0.1) is 0 Å². The van der Waals surface area contributed by atoms with E-state index in [-0.39, 0.29) is 11.8 Å². The minimum Gasteiger partial charge on any atom is -0.508 e. The van der Waals surface area contributed by atoms with Gasteiger partial charge in [0.1, 0.15) is 11.8 Å². The van der Waals surface area contributed by atoms with Gasteiger partial charge in [0.25, 0.3) is 11.8 Å². The van der Waals surface area contributed by atoms with Crippen molar-refractivity contribution < 1.29 is 28.3 Å². The van der Waals surface area contributed by atoms with Crippen LogP contribution in [0.1, 0.15) is 42.3 Å². The van der Waals surface area contributed by atoms with Crippen LogP contribution in [0.2, 0.25) is 0 Å². The summed E-state index contributed by atoms with van der Waals surface area (Å²) in [6.45, 7) is 3.81. The Balaban J connectivity index is 0.000000305. The Morgan fingerprint density at radius 1 is 1.00 bits per heavy atom. The Hall–Kier alpha value is -4.80. The van der Waals surface area contributed by atoms with Crippen LogP contribution in [0, 0.1) is 5.41 Å². The summed E-state index contributed by atoms with van der Waals surface area (Å²) in [6, 6.07) is 19.6. The third-order valence-corrected chi connectivity index (χ3v) is 5.53. The van der Waals surface area contributed by atoms with Crippen LogP contribution in [-0.4, -0.2) is 47.0 Å². The molecule has 0 saturated heterocycles. The second kappa shape index (κ2) is 14.4. The van der Waals surface area contributed by atoms with Crippen molar-refractivity contribution in [3.8, 4) is 5.75 Å². The Labute approximate surface area is 231 Å². The summed E-state index contributed by atoms with van der Waals surface area (Å²) < 4.78 is 25.2. The number of halogens is 2. The predicted molar refractivity (Wildman–Crippen MR) is 150 cm³/mol. The molecule has 2 atom stereocenters. The third kappa shape index (κ3) is 10.2. The van der Waals surface area contributed by atoms with Gasteiger partial charge >= 0.3 is 5.92 Å². The maximum absolute atomic E-state index is 12.6. The number of hydrogen-bond donors (Lipinski definition) is 6. The molecule has 0 saturated carbocycles. The monoisotopic (exact) mass is 553 g/mol. The summed E-state index contributed by atoms with van der Waals surface area (Å²) in [5.74, 6) is -5.51. The number of primary amides is 1. The van der Waals surface area contributed by atoms with Gasteiger partial charge in [-0.2, -0.15) is 8.78 Å². The number of carbonyl (C=O) groups excluding carboxylic acids is 3. The molecule has 3 amide bonds. The van der Waals surface area contributed by atoms with Gasteiger partial charge in [-0.3, -0.25) is 14.4 Å². The first-order chi connectivity index (χ1) is 18.8. The SMILES string of the molecule is CC(Cc1ccccc1)NC(=O)C(C)(F)F.CC(NC(=O)c1cccc(Nc2ccc(O)cc2C=N)c1)C(N)=O. The first-order valence-corrected chi connectivity index (χ1v) is 12.3. The van der Waals surface area contributed by atoms with E-state index in [2.05, 4.69) is 16.0 Å². The van der Waals surface area contributed by atoms with E-state index in [1.165, 1.54) is 19.1 Å². The topological polar surface area (TPSA) is 157 Å². The molecule has 0 bridgehead atoms. The molecular formula is C29H33F2N5O4. The number of carbonyl (C=O) groups is 3. The highest BCUT2D eigenvalue weighted by Crippen LogP contribution is 2.24. The van der Waals surface area contributed by atoms with Crippen LogP contribution in [0.5, 0.6) is 5.75 Å². The zero-order chi connectivity index (χ0) is 29.9. The summed E-state index contributed by atoms with van der Waals surface area (Å²) in [5.41, 5.74) is 8.26. The lowest BCUT2D eigenvalue weighted by Crippen LogP contribution is -2.43. The smallest absolute Gasteiger partial charge is 0.321 e. The number of aromatic hydroxyl groups is 1. The number of hydrogen-bond acceptors (Lipinski definition) is 6. The first kappa shape index (κ1) is 31.4. The molecule has 0 aliphatic rings. The number of phenolic OH excluding ortho intramolecular Hbond substituents is 1. The van der Waals surface area contributed by atoms with Crippen LogP contribution in [0.4, 0.5) is 20.2 Å². The molecule has 40 heavy (non-hydrogen) atoms. The molecule has 0 fully saturated rings. The Kier molecular flexibility index (Phi) is 11.3. The minimum absolute atomic E-state index is 0.0626. The standard InChI is InChI=1S/C17H18N4O3.C12H15F2NO/c1-10(16(19)23)20-17(24)11-3-2-4-13(7-11)21-15-6-5-14(22)8-12(15)9-18;1-9(15-11(16)12(2,13)14)8-10-6-4-3-5-7-10/h2-10,18,21-22H,1H3,(H2,19,23)(H,20,24);3-7,9H,8H2,1-2H3,(H,15,16). The summed E-state index contributed by atoms with van der Waals surface area (Å²) in [7, 11) is 0. The number of nitrogens with one attached hydrogen (secondary N) is 4. The number of phenols is 1. The maximum Gasteiger partial charge on any atom is 0.321 e. The van der Waals surface area contributed by atoms with Gasteiger partial charge in [-0.1, -0.05) is 36.4 Å². The average molecular weight is 554 g/mol. The zero-order valence-electron chi connectivity index (χ0n) is 22.4. The van der Waals surface area contributed by atoms with Crippen molar-refractivity contribution in [1.82, 2.24) is 10.6 Å². The van der Waals surface area contributed by atoms with Crippen LogP contribution in [-0.2, 0) is 16.0 Å². The minimum atomic E-state index is -3.31. The van der Waals surface area contributed by atoms with Crippen LogP contribution >= 0.6 is 0 Å². The van der Waals surface area contributed by atoms with E-state index in [1.54, 1.807) is 37.3 Å². The van der Waals surface area contributed by atoms with E-state index in [1.807, 2.05) is 30.3 Å². The lowest BCUT2D eigenvalue weighted by Gasteiger charge is -2.17. The van der Waals surface area contributed by atoms with Crippen molar-refractivity contribution in [2.45, 2.75) is 45.2 Å². The molecule has 3 aromatic rings. The molecule has 3 aromatic carbocycles. The molecule has 0 aromatic heterocycles. The molecule has 212 valence electrons. The highest BCUT2D eigenvalue weighted by Gasteiger charge is 2.32. The molecule has 9 nitrogen and oxygen atoms in total. The van der Waals surface area contributed by atoms with E-state index < -0.39 is 29.7 Å². The van der Waals surface area contributed by atoms with Gasteiger partial charge in [0, 0.05) is 41.7 Å². The fraction of sp³-hybridized carbons (Fsp3) is 0.241. The molecule has 0 radical (unpaired) electrons. The van der Waals surface area contributed by atoms with E-state index in [4.69, 9.17) is 11.1 Å². The molecule has 7 N–H and O–H groups in total. The molecule has 0 aliphatic carbocycles. The number of alkyl halides is 2. The molecule has 0 heterocycles. The van der Waals surface area contributed by atoms with E-state index in [0.29, 0.717) is 35.8 Å². The fourth-order valence-corrected chi connectivity index (χ4v) is 3.40. The quantitative estimate of drug-likeness (QED) is 0.164. The Bertz CT molecular complexity index is 1330. The number of rotatable bonds is 10. The molecule has 2 unspecified atom stereocenters. The van der Waals surface area contributed by atoms with Gasteiger partial charge in [0.15, 0.2) is 0 Å². The van der Waals surface area contributed by atoms with Crippen molar-refractivity contribution in [2.75, 3.05) is 5.32 Å². The zero-order valence-corrected chi connectivity index (χ0v) is 22.4. The maximum atomic E-state index is 12.6. The Morgan fingerprint density at radius 2 is 1.68 bits per heavy atom. The summed E-state index contributed by atoms with van der Waals surface area (Å²) in [5, 5.41) is 24.7. The number of amides is 3. The third-order valence-electron chi connectivity index (χ3n) is 5.53. The van der Waals surface area contributed by atoms with E-state index in [9.17, 15) is 28.3 Å². The predicted octanol–water partition coefficient (Wildman–Crippen LogP) is 4.13. The van der Waals surface area contributed by atoms with Crippen molar-refractivity contribution in [3.63, 3.8) is 0 Å². The first-order valence-electron chi connectivity index (χ1n) is 12.3. The lowest BCUT2D eigenvalue weighted by atomic mass is 10.1. The molecule has 0 spiro atoms. The largest absolute Gasteiger partial charge is 0.508 e. The van der Waals surface area contributed by atoms with Crippen LogP contribution in [0.15, 0.2) is 72.8 Å². The van der Waals surface area contributed by atoms with Gasteiger partial charge in [-0.05, 0) is 62.2 Å². The summed E-state index contributed by atoms with van der Waals surface area (Å²) >= 11 is 0. The van der Waals surface area contributed by atoms with E-state index in [0.717, 1.165) is 11.8 Å². The second-order valence-corrected chi connectivity index (χ2v) is 9.17. The number of benzene rings is 3. The van der Waals surface area contributed by atoms with Crippen molar-refractivity contribution in [2.24, 2.45) is 5.73 Å². The number of nitrogens with two attached hydrogens (primary N) is 1. The van der Waals surface area contributed by atoms with Crippen LogP contribution < -0.4 is 21.7 Å². The fourth-order valence-electron chi connectivity index (χ4n) is 3.40. The van der Waals surface area contributed by atoms with E-state index >= 15 is 0 Å². The molecule has 3 rings (SSSR count). The summed E-state index contributed by atoms with van der Waals surface area (Å²) in [4.78, 5) is 34.1. The second-order valence-electron chi connectivity index (χ2n) is 9.17. The average Bonchev–Trinajstić information content (AvgIpc) is 2.90. The molecular weight excluding hydrogens is 520 g/mol. The highest BCUT2D eigenvalue weighted by atomic mass is 19.3. The molecule has 11 heteroatoms. The van der Waals surface area contributed by atoms with Crippen molar-refractivity contribution in [1.29, 1.82) is 5.41 Å². The van der Waals surface area contributed by atoms with Gasteiger partial charge < -0.3 is 32.2 Å². The van der Waals surface area contributed by atoms with Crippen molar-refractivity contribution >= 4 is 35.3 Å². The lowest BCUT2D eigenvalue weighted by molar-refractivity contribution is -0.143. The molecule has 0 aliphatic heterocycles. The highest BCUT2D eigenvalue weighted by molar-refractivity contribution is 5.98.